The van der Waals surface area contributed by atoms with Gasteiger partial charge in [-0.25, -0.2) is 9.78 Å². The second-order valence-corrected chi connectivity index (χ2v) is 7.86. The van der Waals surface area contributed by atoms with E-state index in [2.05, 4.69) is 9.67 Å². The lowest BCUT2D eigenvalue weighted by Crippen LogP contribution is -2.15. The molecule has 164 valence electrons. The number of aryl methyl sites for hydroxylation is 3. The molecule has 4 aromatic rings. The number of carbonyl (C=O) groups is 2. The number of hydrogen-bond acceptors (Lipinski definition) is 5. The van der Waals surface area contributed by atoms with E-state index in [0.29, 0.717) is 33.5 Å². The van der Waals surface area contributed by atoms with Crippen LogP contribution in [0.1, 0.15) is 44.7 Å². The SMILES string of the molecule is CCn1c(C)cc(C(=O)COC(=O)c2cc(-c3ccccc3)nc3c2c(C)nn3C)c1C. The van der Waals surface area contributed by atoms with Crippen LogP contribution in [0.25, 0.3) is 22.3 Å². The van der Waals surface area contributed by atoms with Gasteiger partial charge in [-0.1, -0.05) is 30.3 Å². The minimum Gasteiger partial charge on any atom is -0.454 e. The number of aromatic nitrogens is 4. The Bertz CT molecular complexity index is 1330. The molecule has 0 saturated carbocycles. The Morgan fingerprint density at radius 2 is 1.75 bits per heavy atom. The number of ketones is 1. The number of carbonyl (C=O) groups excluding carboxylic acids is 2. The van der Waals surface area contributed by atoms with Crippen molar-refractivity contribution in [2.75, 3.05) is 6.61 Å². The number of benzene rings is 1. The Morgan fingerprint density at radius 1 is 1.03 bits per heavy atom. The van der Waals surface area contributed by atoms with Crippen molar-refractivity contribution in [3.8, 4) is 11.3 Å². The first-order chi connectivity index (χ1) is 15.3. The van der Waals surface area contributed by atoms with Gasteiger partial charge in [0.05, 0.1) is 22.3 Å². The summed E-state index contributed by atoms with van der Waals surface area (Å²) in [5.41, 5.74) is 5.62. The van der Waals surface area contributed by atoms with E-state index in [0.717, 1.165) is 23.5 Å². The number of Topliss-reactive ketones (excluding diaryl/α,β-unsaturated/α-hetero) is 1. The lowest BCUT2D eigenvalue weighted by atomic mass is 10.1. The quantitative estimate of drug-likeness (QED) is 0.334. The molecule has 0 aliphatic carbocycles. The molecular weight excluding hydrogens is 404 g/mol. The number of pyridine rings is 1. The topological polar surface area (TPSA) is 79.0 Å². The molecule has 0 aliphatic rings. The summed E-state index contributed by atoms with van der Waals surface area (Å²) in [5.74, 6) is -0.786. The van der Waals surface area contributed by atoms with Crippen LogP contribution in [-0.2, 0) is 18.3 Å². The second kappa shape index (κ2) is 8.42. The molecule has 4 rings (SSSR count). The number of fused-ring (bicyclic) bond motifs is 1. The van der Waals surface area contributed by atoms with Crippen LogP contribution in [0, 0.1) is 20.8 Å². The molecule has 0 unspecified atom stereocenters. The van der Waals surface area contributed by atoms with E-state index < -0.39 is 5.97 Å². The Balaban J connectivity index is 1.67. The number of hydrogen-bond donors (Lipinski definition) is 0. The number of nitrogens with zero attached hydrogens (tertiary/aromatic N) is 4. The number of ether oxygens (including phenoxy) is 1. The van der Waals surface area contributed by atoms with Crippen molar-refractivity contribution in [2.24, 2.45) is 7.05 Å². The van der Waals surface area contributed by atoms with E-state index in [1.807, 2.05) is 64.1 Å². The molecule has 0 fully saturated rings. The molecule has 7 heteroatoms. The Hall–Kier alpha value is -3.74. The second-order valence-electron chi connectivity index (χ2n) is 7.86. The van der Waals surface area contributed by atoms with Crippen LogP contribution in [0.2, 0.25) is 0 Å². The van der Waals surface area contributed by atoms with Gasteiger partial charge in [0.25, 0.3) is 0 Å². The zero-order chi connectivity index (χ0) is 23.0. The first-order valence-corrected chi connectivity index (χ1v) is 10.6. The normalized spacial score (nSPS) is 11.2. The fourth-order valence-electron chi connectivity index (χ4n) is 4.22. The molecule has 1 aromatic carbocycles. The van der Waals surface area contributed by atoms with Gasteiger partial charge < -0.3 is 9.30 Å². The van der Waals surface area contributed by atoms with Gasteiger partial charge in [0.2, 0.25) is 5.78 Å². The highest BCUT2D eigenvalue weighted by molar-refractivity contribution is 6.06. The van der Waals surface area contributed by atoms with Crippen molar-refractivity contribution >= 4 is 22.8 Å². The molecule has 0 amide bonds. The van der Waals surface area contributed by atoms with Gasteiger partial charge in [-0.15, -0.1) is 0 Å². The lowest BCUT2D eigenvalue weighted by molar-refractivity contribution is 0.0476. The maximum Gasteiger partial charge on any atom is 0.339 e. The molecule has 0 radical (unpaired) electrons. The summed E-state index contributed by atoms with van der Waals surface area (Å²) in [4.78, 5) is 30.6. The summed E-state index contributed by atoms with van der Waals surface area (Å²) in [5, 5.41) is 5.05. The van der Waals surface area contributed by atoms with Crippen LogP contribution in [-0.4, -0.2) is 37.7 Å². The fraction of sp³-hybridized carbons (Fsp3) is 0.280. The Morgan fingerprint density at radius 3 is 2.41 bits per heavy atom. The molecule has 3 aromatic heterocycles. The van der Waals surface area contributed by atoms with Gasteiger partial charge in [-0.05, 0) is 39.8 Å². The monoisotopic (exact) mass is 430 g/mol. The fourth-order valence-corrected chi connectivity index (χ4v) is 4.22. The van der Waals surface area contributed by atoms with Crippen molar-refractivity contribution in [3.05, 3.63) is 70.7 Å². The largest absolute Gasteiger partial charge is 0.454 e. The number of rotatable bonds is 6. The smallest absolute Gasteiger partial charge is 0.339 e. The molecule has 0 spiro atoms. The van der Waals surface area contributed by atoms with Crippen molar-refractivity contribution in [1.82, 2.24) is 19.3 Å². The highest BCUT2D eigenvalue weighted by Crippen LogP contribution is 2.27. The summed E-state index contributed by atoms with van der Waals surface area (Å²) in [7, 11) is 1.79. The molecule has 0 atom stereocenters. The molecule has 0 bridgehead atoms. The molecule has 3 heterocycles. The number of esters is 1. The van der Waals surface area contributed by atoms with Gasteiger partial charge in [-0.2, -0.15) is 5.10 Å². The van der Waals surface area contributed by atoms with Gasteiger partial charge in [0, 0.05) is 36.1 Å². The third-order valence-electron chi connectivity index (χ3n) is 5.78. The summed E-state index contributed by atoms with van der Waals surface area (Å²) in [6.45, 7) is 8.18. The minimum atomic E-state index is -0.566. The van der Waals surface area contributed by atoms with Crippen molar-refractivity contribution in [1.29, 1.82) is 0 Å². The van der Waals surface area contributed by atoms with Crippen LogP contribution in [0.4, 0.5) is 0 Å². The Kier molecular flexibility index (Phi) is 5.65. The predicted octanol–water partition coefficient (Wildman–Crippen LogP) is 4.42. The van der Waals surface area contributed by atoms with E-state index in [1.54, 1.807) is 17.8 Å². The Labute approximate surface area is 186 Å². The van der Waals surface area contributed by atoms with Gasteiger partial charge in [0.15, 0.2) is 12.3 Å². The highest BCUT2D eigenvalue weighted by Gasteiger charge is 2.22. The molecule has 7 nitrogen and oxygen atoms in total. The van der Waals surface area contributed by atoms with E-state index in [-0.39, 0.29) is 12.4 Å². The average molecular weight is 431 g/mol. The average Bonchev–Trinajstić information content (AvgIpc) is 3.25. The molecule has 0 aliphatic heterocycles. The van der Waals surface area contributed by atoms with Gasteiger partial charge in [-0.3, -0.25) is 9.48 Å². The lowest BCUT2D eigenvalue weighted by Gasteiger charge is -2.09. The first-order valence-electron chi connectivity index (χ1n) is 10.6. The summed E-state index contributed by atoms with van der Waals surface area (Å²) >= 11 is 0. The van der Waals surface area contributed by atoms with Crippen molar-refractivity contribution < 1.29 is 14.3 Å². The van der Waals surface area contributed by atoms with Crippen molar-refractivity contribution in [3.63, 3.8) is 0 Å². The van der Waals surface area contributed by atoms with Crippen LogP contribution < -0.4 is 0 Å². The minimum absolute atomic E-state index is 0.220. The third kappa shape index (κ3) is 3.70. The summed E-state index contributed by atoms with van der Waals surface area (Å²) in [6.07, 6.45) is 0. The van der Waals surface area contributed by atoms with E-state index in [1.165, 1.54) is 0 Å². The van der Waals surface area contributed by atoms with Crippen LogP contribution >= 0.6 is 0 Å². The zero-order valence-electron chi connectivity index (χ0n) is 19.0. The molecular formula is C25H26N4O3. The summed E-state index contributed by atoms with van der Waals surface area (Å²) in [6, 6.07) is 13.2. The van der Waals surface area contributed by atoms with Gasteiger partial charge >= 0.3 is 5.97 Å². The predicted molar refractivity (Wildman–Crippen MR) is 123 cm³/mol. The van der Waals surface area contributed by atoms with Crippen LogP contribution in [0.5, 0.6) is 0 Å². The van der Waals surface area contributed by atoms with E-state index in [4.69, 9.17) is 9.72 Å². The molecule has 32 heavy (non-hydrogen) atoms. The van der Waals surface area contributed by atoms with Gasteiger partial charge in [0.1, 0.15) is 0 Å². The summed E-state index contributed by atoms with van der Waals surface area (Å²) < 4.78 is 9.20. The maximum absolute atomic E-state index is 13.1. The first kappa shape index (κ1) is 21.5. The van der Waals surface area contributed by atoms with E-state index in [9.17, 15) is 9.59 Å². The van der Waals surface area contributed by atoms with Crippen molar-refractivity contribution in [2.45, 2.75) is 34.2 Å². The standard InChI is InChI=1S/C25H26N4O3/c1-6-29-15(2)12-19(17(29)4)22(30)14-32-25(31)20-13-21(18-10-8-7-9-11-18)26-24-23(20)16(3)27-28(24)5/h7-13H,6,14H2,1-5H3. The maximum atomic E-state index is 13.1. The molecule has 0 N–H and O–H groups in total. The highest BCUT2D eigenvalue weighted by atomic mass is 16.5. The van der Waals surface area contributed by atoms with E-state index >= 15 is 0 Å². The third-order valence-corrected chi connectivity index (χ3v) is 5.78. The molecule has 0 saturated heterocycles. The van der Waals surface area contributed by atoms with Crippen LogP contribution in [0.3, 0.4) is 0 Å². The van der Waals surface area contributed by atoms with Crippen LogP contribution in [0.15, 0.2) is 42.5 Å². The zero-order valence-corrected chi connectivity index (χ0v) is 19.0.